The maximum atomic E-state index is 15.1. The van der Waals surface area contributed by atoms with Crippen LogP contribution in [0, 0.1) is 5.92 Å². The zero-order valence-corrected chi connectivity index (χ0v) is 54.9. The van der Waals surface area contributed by atoms with Gasteiger partial charge in [0.15, 0.2) is 5.96 Å². The number of benzene rings is 4. The molecule has 2 fully saturated rings. The first-order chi connectivity index (χ1) is 46.7. The van der Waals surface area contributed by atoms with Gasteiger partial charge < -0.3 is 90.5 Å². The van der Waals surface area contributed by atoms with E-state index in [-0.39, 0.29) is 69.9 Å². The smallest absolute Gasteiger partial charge is 0.327 e. The van der Waals surface area contributed by atoms with Crippen LogP contribution in [0.3, 0.4) is 0 Å². The minimum absolute atomic E-state index is 0.0131. The lowest BCUT2D eigenvalue weighted by Gasteiger charge is -2.31. The van der Waals surface area contributed by atoms with Crippen molar-refractivity contribution in [3.8, 4) is 0 Å². The summed E-state index contributed by atoms with van der Waals surface area (Å²) in [5.41, 5.74) is 18.8. The molecule has 524 valence electrons. The van der Waals surface area contributed by atoms with Crippen molar-refractivity contribution in [2.75, 3.05) is 26.2 Å². The molecular weight excluding hydrogens is 1290 g/mol. The number of nitrogens with one attached hydrogen (secondary N) is 11. The van der Waals surface area contributed by atoms with Gasteiger partial charge in [0.2, 0.25) is 65.0 Å². The predicted molar refractivity (Wildman–Crippen MR) is 359 cm³/mol. The number of guanidine groups is 1. The number of likely N-dealkylation sites (tertiary alicyclic amines) is 1. The first kappa shape index (κ1) is 74.7. The van der Waals surface area contributed by atoms with Crippen molar-refractivity contribution in [3.05, 3.63) is 119 Å². The van der Waals surface area contributed by atoms with E-state index in [1.165, 1.54) is 17.0 Å². The first-order valence-electron chi connectivity index (χ1n) is 31.9. The van der Waals surface area contributed by atoms with Crippen molar-refractivity contribution in [1.82, 2.24) is 63.1 Å². The van der Waals surface area contributed by atoms with E-state index in [9.17, 15) is 63.0 Å². The highest BCUT2D eigenvalue weighted by Crippen LogP contribution is 2.23. The Balaban J connectivity index is 1.23. The number of fused-ring (bicyclic) bond motifs is 2. The number of aromatic amines is 1. The third-order valence-electron chi connectivity index (χ3n) is 16.4. The molecule has 0 radical (unpaired) electrons. The third kappa shape index (κ3) is 21.7. The first-order valence-corrected chi connectivity index (χ1v) is 32.3. The summed E-state index contributed by atoms with van der Waals surface area (Å²) in [5, 5.41) is 47.8. The molecule has 98 heavy (non-hydrogen) atoms. The fourth-order valence-corrected chi connectivity index (χ4v) is 11.6. The van der Waals surface area contributed by atoms with Crippen LogP contribution in [0.25, 0.3) is 21.7 Å². The van der Waals surface area contributed by atoms with Crippen LogP contribution in [0.1, 0.15) is 82.4 Å². The second-order valence-corrected chi connectivity index (χ2v) is 24.9. The minimum atomic E-state index is -2.01. The number of nitrogens with zero attached hydrogens (tertiary/aromatic N) is 2. The van der Waals surface area contributed by atoms with Gasteiger partial charge in [0.25, 0.3) is 0 Å². The Kier molecular flexibility index (Phi) is 26.9. The topological polar surface area (TPSA) is 492 Å². The van der Waals surface area contributed by atoms with Crippen LogP contribution in [0.4, 0.5) is 0 Å². The highest BCUT2D eigenvalue weighted by Gasteiger charge is 2.41. The molecule has 11 amide bonds. The van der Waals surface area contributed by atoms with Crippen molar-refractivity contribution < 1.29 is 72.5 Å². The standard InChI is InChI=1S/C66H83ClN16O15/c1-34(2)24-45(56(88)75-44(14-8-22-71-66(69)70)64(96)83-23-9-15-53(83)63(95)81-51(31-68)65(97)98)76-58(90)47(27-37-16-19-38-10-4-5-11-39(38)25-37)78-62(94)52-33-73-54(85)29-49(74-35(3)84)60(92)77-46(26-36-17-20-41(67)21-18-36)57(89)79-48(28-40-32-72-43-13-7-6-12-42(40)43)59(91)80-50(30-55(86)87)61(93)82-52/h4-7,10-13,16-21,25,32,34,44-53,72H,8-9,14-15,22-24,26-31,33,68H2,1-3H3,(H,73,85)(H,74,84)(H,75,88)(H,76,90)(H,77,92)(H,78,94)(H,79,89)(H,80,91)(H,81,95)(H,82,93)(H,86,87)(H,97,98)(H4,69,70,71)/t44-,45-,46+,47+,48+,49+,50-,51-,52+,53-/m0/s1. The second-order valence-electron chi connectivity index (χ2n) is 24.5. The normalized spacial score (nSPS) is 19.9. The minimum Gasteiger partial charge on any atom is -0.481 e. The number of carbonyl (C=O) groups excluding carboxylic acids is 11. The van der Waals surface area contributed by atoms with Gasteiger partial charge in [-0.25, -0.2) is 4.79 Å². The summed E-state index contributed by atoms with van der Waals surface area (Å²) in [4.78, 5) is 191. The number of nitrogens with two attached hydrogens (primary N) is 3. The summed E-state index contributed by atoms with van der Waals surface area (Å²) in [6.45, 7) is 3.34. The monoisotopic (exact) mass is 1370 g/mol. The maximum Gasteiger partial charge on any atom is 0.327 e. The lowest BCUT2D eigenvalue weighted by atomic mass is 9.98. The number of hydrogen-bond donors (Lipinski definition) is 16. The molecule has 0 aliphatic carbocycles. The lowest BCUT2D eigenvalue weighted by Crippen LogP contribution is -2.62. The number of aliphatic carboxylic acids is 2. The summed E-state index contributed by atoms with van der Waals surface area (Å²) in [6, 6.07) is 9.74. The molecule has 0 saturated carbocycles. The molecule has 7 rings (SSSR count). The van der Waals surface area contributed by atoms with Crippen LogP contribution in [-0.4, -0.2) is 190 Å². The van der Waals surface area contributed by atoms with Crippen LogP contribution in [0.5, 0.6) is 0 Å². The van der Waals surface area contributed by atoms with Crippen LogP contribution in [0.15, 0.2) is 102 Å². The van der Waals surface area contributed by atoms with Crippen molar-refractivity contribution in [2.45, 2.75) is 145 Å². The van der Waals surface area contributed by atoms with E-state index >= 15 is 9.59 Å². The van der Waals surface area contributed by atoms with Gasteiger partial charge in [-0.3, -0.25) is 62.5 Å². The summed E-state index contributed by atoms with van der Waals surface area (Å²) >= 11 is 6.17. The Labute approximate surface area is 568 Å². The van der Waals surface area contributed by atoms with E-state index in [0.29, 0.717) is 39.0 Å². The largest absolute Gasteiger partial charge is 0.481 e. The van der Waals surface area contributed by atoms with Gasteiger partial charge in [0, 0.05) is 74.5 Å². The molecule has 0 spiro atoms. The Morgan fingerprint density at radius 1 is 0.704 bits per heavy atom. The number of carboxylic acids is 2. The fraction of sp³-hybridized carbons (Fsp3) is 0.424. The van der Waals surface area contributed by atoms with Crippen molar-refractivity contribution in [2.24, 2.45) is 28.1 Å². The maximum absolute atomic E-state index is 15.1. The number of carboxylic acid groups (broad SMARTS) is 2. The Hall–Kier alpha value is -10.7. The predicted octanol–water partition coefficient (Wildman–Crippen LogP) is -1.49. The summed E-state index contributed by atoms with van der Waals surface area (Å²) in [6.07, 6.45) is -0.731. The van der Waals surface area contributed by atoms with E-state index in [1.54, 1.807) is 86.8 Å². The second kappa shape index (κ2) is 35.3. The highest BCUT2D eigenvalue weighted by atomic mass is 35.5. The van der Waals surface area contributed by atoms with E-state index in [0.717, 1.165) is 17.7 Å². The van der Waals surface area contributed by atoms with Crippen LogP contribution in [-0.2, 0) is 81.6 Å². The zero-order valence-electron chi connectivity index (χ0n) is 54.2. The molecule has 32 heteroatoms. The van der Waals surface area contributed by atoms with E-state index in [4.69, 9.17) is 28.8 Å². The number of aliphatic imine (C=N–C) groups is 1. The van der Waals surface area contributed by atoms with E-state index in [2.05, 4.69) is 63.1 Å². The summed E-state index contributed by atoms with van der Waals surface area (Å²) in [5.74, 6) is -14.3. The molecule has 31 nitrogen and oxygen atoms in total. The van der Waals surface area contributed by atoms with Crippen LogP contribution < -0.4 is 70.4 Å². The highest BCUT2D eigenvalue weighted by molar-refractivity contribution is 6.30. The Morgan fingerprint density at radius 2 is 1.33 bits per heavy atom. The number of rotatable bonds is 26. The molecule has 1 aromatic heterocycles. The third-order valence-corrected chi connectivity index (χ3v) is 16.7. The number of carbonyl (C=O) groups is 13. The van der Waals surface area contributed by atoms with E-state index < -0.39 is 163 Å². The lowest BCUT2D eigenvalue weighted by molar-refractivity contribution is -0.145. The number of hydrogen-bond acceptors (Lipinski definition) is 15. The average Bonchev–Trinajstić information content (AvgIpc) is 0.938. The molecule has 19 N–H and O–H groups in total. The summed E-state index contributed by atoms with van der Waals surface area (Å²) in [7, 11) is 0. The zero-order chi connectivity index (χ0) is 71.3. The number of aromatic nitrogens is 1. The van der Waals surface area contributed by atoms with Gasteiger partial charge in [-0.1, -0.05) is 98.2 Å². The van der Waals surface area contributed by atoms with Gasteiger partial charge in [-0.2, -0.15) is 0 Å². The van der Waals surface area contributed by atoms with Crippen molar-refractivity contribution in [3.63, 3.8) is 0 Å². The number of amides is 11. The molecule has 3 heterocycles. The molecule has 4 aromatic carbocycles. The molecule has 2 saturated heterocycles. The molecule has 0 unspecified atom stereocenters. The van der Waals surface area contributed by atoms with Gasteiger partial charge in [0.1, 0.15) is 60.4 Å². The van der Waals surface area contributed by atoms with Gasteiger partial charge in [-0.15, -0.1) is 0 Å². The van der Waals surface area contributed by atoms with Crippen molar-refractivity contribution in [1.29, 1.82) is 0 Å². The molecule has 10 atom stereocenters. The molecule has 5 aromatic rings. The number of H-pyrrole nitrogens is 1. The van der Waals surface area contributed by atoms with Crippen molar-refractivity contribution >= 4 is 116 Å². The quantitative estimate of drug-likeness (QED) is 0.0170. The van der Waals surface area contributed by atoms with Gasteiger partial charge in [0.05, 0.1) is 12.8 Å². The molecule has 0 bridgehead atoms. The molecular formula is C66H83ClN16O15. The average molecular weight is 1380 g/mol. The van der Waals surface area contributed by atoms with Gasteiger partial charge >= 0.3 is 11.9 Å². The van der Waals surface area contributed by atoms with Gasteiger partial charge in [-0.05, 0) is 83.7 Å². The Bertz CT molecular complexity index is 3810. The molecule has 2 aliphatic rings. The number of halogens is 1. The number of para-hydroxylation sites is 1. The van der Waals surface area contributed by atoms with E-state index in [1.807, 2.05) is 12.1 Å². The Morgan fingerprint density at radius 3 is 2.00 bits per heavy atom. The van der Waals surface area contributed by atoms with Crippen LogP contribution >= 0.6 is 11.6 Å². The van der Waals surface area contributed by atoms with Crippen LogP contribution in [0.2, 0.25) is 5.02 Å². The molecule has 2 aliphatic heterocycles. The SMILES string of the molecule is CC(=O)N[C@@H]1CC(=O)NC[C@H](C(=O)N[C@H](Cc2ccc3ccccc3c2)C(=O)N[C@@H](CC(C)C)C(=O)N[C@@H](CCCN=C(N)N)C(=O)N2CCC[C@H]2C(=O)N[C@@H](CN)C(=O)O)NC(=O)[C@H](CC(=O)O)NC(=O)[C@@H](Cc2c[nH]c3ccccc23)NC(=O)[C@@H](Cc2ccc(Cl)cc2)NC1=O. The summed E-state index contributed by atoms with van der Waals surface area (Å²) < 4.78 is 0. The fourth-order valence-electron chi connectivity index (χ4n) is 11.5.